The van der Waals surface area contributed by atoms with Crippen LogP contribution in [-0.4, -0.2) is 71.0 Å². The lowest BCUT2D eigenvalue weighted by atomic mass is 9.92. The number of benzene rings is 1. The van der Waals surface area contributed by atoms with E-state index in [4.69, 9.17) is 11.6 Å². The molecule has 0 unspecified atom stereocenters. The molecule has 0 atom stereocenters. The number of hydrogen-bond donors (Lipinski definition) is 1. The number of aromatic hydroxyl groups is 1. The van der Waals surface area contributed by atoms with E-state index in [-0.39, 0.29) is 5.92 Å². The number of hydrogen-bond acceptors (Lipinski definition) is 4. The highest BCUT2D eigenvalue weighted by atomic mass is 35.5. The van der Waals surface area contributed by atoms with Crippen LogP contribution in [0.15, 0.2) is 18.2 Å². The van der Waals surface area contributed by atoms with Gasteiger partial charge in [0, 0.05) is 42.2 Å². The topological polar surface area (TPSA) is 47.0 Å². The Labute approximate surface area is 173 Å². The maximum atomic E-state index is 12.6. The van der Waals surface area contributed by atoms with Gasteiger partial charge < -0.3 is 14.9 Å². The lowest BCUT2D eigenvalue weighted by molar-refractivity contribution is -0.136. The van der Waals surface area contributed by atoms with Gasteiger partial charge in [0.1, 0.15) is 5.75 Å². The van der Waals surface area contributed by atoms with Gasteiger partial charge in [-0.05, 0) is 82.9 Å². The molecular formula is C22H32ClN3O2. The smallest absolute Gasteiger partial charge is 0.225 e. The highest BCUT2D eigenvalue weighted by Crippen LogP contribution is 2.28. The Morgan fingerprint density at radius 2 is 1.68 bits per heavy atom. The van der Waals surface area contributed by atoms with Gasteiger partial charge in [0.15, 0.2) is 0 Å². The fourth-order valence-electron chi connectivity index (χ4n) is 5.07. The molecule has 3 aliphatic rings. The molecule has 154 valence electrons. The van der Waals surface area contributed by atoms with E-state index in [1.54, 1.807) is 12.1 Å². The van der Waals surface area contributed by atoms with Gasteiger partial charge in [0.25, 0.3) is 0 Å². The summed E-state index contributed by atoms with van der Waals surface area (Å²) >= 11 is 6.07. The standard InChI is InChI=1S/C22H32ClN3O2/c23-19-3-4-21(27)18(15-19)16-24-11-7-20(8-12-24)25-13-5-17(6-14-25)22(28)26-9-1-2-10-26/h3-4,15,17,20,27H,1-2,5-14,16H2. The first-order chi connectivity index (χ1) is 13.6. The van der Waals surface area contributed by atoms with E-state index in [9.17, 15) is 9.90 Å². The number of nitrogens with zero attached hydrogens (tertiary/aromatic N) is 3. The van der Waals surface area contributed by atoms with Gasteiger partial charge in [0.05, 0.1) is 0 Å². The number of carbonyl (C=O) groups is 1. The lowest BCUT2D eigenvalue weighted by Crippen LogP contribution is -2.49. The van der Waals surface area contributed by atoms with Gasteiger partial charge in [0.2, 0.25) is 5.91 Å². The number of phenols is 1. The Morgan fingerprint density at radius 1 is 1.00 bits per heavy atom. The molecule has 0 radical (unpaired) electrons. The molecule has 1 aromatic carbocycles. The van der Waals surface area contributed by atoms with Crippen LogP contribution in [0.3, 0.4) is 0 Å². The maximum absolute atomic E-state index is 12.6. The molecule has 4 rings (SSSR count). The normalized spacial score (nSPS) is 23.4. The van der Waals surface area contributed by atoms with E-state index in [1.807, 2.05) is 6.07 Å². The summed E-state index contributed by atoms with van der Waals surface area (Å²) in [6, 6.07) is 5.90. The summed E-state index contributed by atoms with van der Waals surface area (Å²) in [6.07, 6.45) is 6.71. The van der Waals surface area contributed by atoms with E-state index in [2.05, 4.69) is 14.7 Å². The van der Waals surface area contributed by atoms with Gasteiger partial charge in [-0.1, -0.05) is 11.6 Å². The number of piperidine rings is 2. The van der Waals surface area contributed by atoms with Crippen molar-refractivity contribution >= 4 is 17.5 Å². The predicted molar refractivity (Wildman–Crippen MR) is 112 cm³/mol. The van der Waals surface area contributed by atoms with Crippen LogP contribution < -0.4 is 0 Å². The van der Waals surface area contributed by atoms with Gasteiger partial charge in [-0.2, -0.15) is 0 Å². The van der Waals surface area contributed by atoms with Crippen molar-refractivity contribution in [3.05, 3.63) is 28.8 Å². The van der Waals surface area contributed by atoms with Crippen molar-refractivity contribution in [3.8, 4) is 5.75 Å². The molecule has 0 aromatic heterocycles. The summed E-state index contributed by atoms with van der Waals surface area (Å²) in [4.78, 5) is 19.7. The summed E-state index contributed by atoms with van der Waals surface area (Å²) < 4.78 is 0. The number of carbonyl (C=O) groups excluding carboxylic acids is 1. The lowest BCUT2D eigenvalue weighted by Gasteiger charge is -2.42. The van der Waals surface area contributed by atoms with Crippen molar-refractivity contribution in [2.45, 2.75) is 51.1 Å². The average molecular weight is 406 g/mol. The van der Waals surface area contributed by atoms with Crippen LogP contribution in [0.4, 0.5) is 0 Å². The zero-order chi connectivity index (χ0) is 19.5. The number of amides is 1. The van der Waals surface area contributed by atoms with E-state index in [1.165, 1.54) is 12.8 Å². The van der Waals surface area contributed by atoms with Crippen LogP contribution in [0.25, 0.3) is 0 Å². The Kier molecular flexibility index (Phi) is 6.44. The van der Waals surface area contributed by atoms with Crippen LogP contribution in [-0.2, 0) is 11.3 Å². The number of phenolic OH excluding ortho intramolecular Hbond substituents is 1. The van der Waals surface area contributed by atoms with Crippen molar-refractivity contribution in [3.63, 3.8) is 0 Å². The van der Waals surface area contributed by atoms with Crippen molar-refractivity contribution in [2.75, 3.05) is 39.3 Å². The van der Waals surface area contributed by atoms with Crippen LogP contribution in [0, 0.1) is 5.92 Å². The van der Waals surface area contributed by atoms with Gasteiger partial charge in [-0.3, -0.25) is 9.69 Å². The summed E-state index contributed by atoms with van der Waals surface area (Å²) in [6.45, 7) is 6.91. The third-order valence-corrected chi connectivity index (χ3v) is 7.04. The molecule has 0 bridgehead atoms. The molecule has 5 nitrogen and oxygen atoms in total. The highest BCUT2D eigenvalue weighted by molar-refractivity contribution is 6.30. The largest absolute Gasteiger partial charge is 0.508 e. The summed E-state index contributed by atoms with van der Waals surface area (Å²) in [5.41, 5.74) is 0.909. The fourth-order valence-corrected chi connectivity index (χ4v) is 5.27. The second-order valence-electron chi connectivity index (χ2n) is 8.62. The molecule has 3 heterocycles. The average Bonchev–Trinajstić information content (AvgIpc) is 3.26. The van der Waals surface area contributed by atoms with Gasteiger partial charge in [-0.25, -0.2) is 0 Å². The molecule has 0 saturated carbocycles. The molecule has 0 spiro atoms. The van der Waals surface area contributed by atoms with Crippen LogP contribution in [0.2, 0.25) is 5.02 Å². The minimum atomic E-state index is 0.250. The van der Waals surface area contributed by atoms with Crippen LogP contribution in [0.5, 0.6) is 5.75 Å². The van der Waals surface area contributed by atoms with Crippen molar-refractivity contribution in [2.24, 2.45) is 5.92 Å². The van der Waals surface area contributed by atoms with E-state index < -0.39 is 0 Å². The molecule has 1 aromatic rings. The second kappa shape index (κ2) is 9.02. The molecule has 1 N–H and O–H groups in total. The van der Waals surface area contributed by atoms with Crippen molar-refractivity contribution < 1.29 is 9.90 Å². The van der Waals surface area contributed by atoms with Crippen molar-refractivity contribution in [1.29, 1.82) is 0 Å². The van der Waals surface area contributed by atoms with E-state index in [0.717, 1.165) is 77.1 Å². The third kappa shape index (κ3) is 4.64. The SMILES string of the molecule is O=C(C1CCN(C2CCN(Cc3cc(Cl)ccc3O)CC2)CC1)N1CCCC1. The zero-order valence-electron chi connectivity index (χ0n) is 16.7. The second-order valence-corrected chi connectivity index (χ2v) is 9.06. The Morgan fingerprint density at radius 3 is 2.36 bits per heavy atom. The molecule has 3 aliphatic heterocycles. The van der Waals surface area contributed by atoms with E-state index in [0.29, 0.717) is 22.7 Å². The Bertz CT molecular complexity index is 676. The summed E-state index contributed by atoms with van der Waals surface area (Å²) in [5.74, 6) is 0.991. The predicted octanol–water partition coefficient (Wildman–Crippen LogP) is 3.34. The fraction of sp³-hybridized carbons (Fsp3) is 0.682. The molecule has 3 saturated heterocycles. The first-order valence-corrected chi connectivity index (χ1v) is 11.2. The van der Waals surface area contributed by atoms with Gasteiger partial charge >= 0.3 is 0 Å². The highest BCUT2D eigenvalue weighted by Gasteiger charge is 2.33. The molecule has 28 heavy (non-hydrogen) atoms. The molecular weight excluding hydrogens is 374 g/mol. The van der Waals surface area contributed by atoms with Crippen LogP contribution >= 0.6 is 11.6 Å². The maximum Gasteiger partial charge on any atom is 0.225 e. The molecule has 3 fully saturated rings. The van der Waals surface area contributed by atoms with Crippen molar-refractivity contribution in [1.82, 2.24) is 14.7 Å². The number of likely N-dealkylation sites (tertiary alicyclic amines) is 3. The number of rotatable bonds is 4. The summed E-state index contributed by atoms with van der Waals surface area (Å²) in [7, 11) is 0. The van der Waals surface area contributed by atoms with Crippen LogP contribution in [0.1, 0.15) is 44.1 Å². The first kappa shape index (κ1) is 20.0. The monoisotopic (exact) mass is 405 g/mol. The molecule has 0 aliphatic carbocycles. The number of halogens is 1. The summed E-state index contributed by atoms with van der Waals surface area (Å²) in [5, 5.41) is 10.7. The van der Waals surface area contributed by atoms with E-state index >= 15 is 0 Å². The third-order valence-electron chi connectivity index (χ3n) is 6.81. The first-order valence-electron chi connectivity index (χ1n) is 10.8. The Hall–Kier alpha value is -1.30. The minimum Gasteiger partial charge on any atom is -0.508 e. The molecule has 1 amide bonds. The Balaban J connectivity index is 1.22. The quantitative estimate of drug-likeness (QED) is 0.834. The van der Waals surface area contributed by atoms with Gasteiger partial charge in [-0.15, -0.1) is 0 Å². The minimum absolute atomic E-state index is 0.250. The molecule has 6 heteroatoms. The zero-order valence-corrected chi connectivity index (χ0v) is 17.4.